The second-order valence-corrected chi connectivity index (χ2v) is 5.42. The number of hydrogen-bond donors (Lipinski definition) is 5. The van der Waals surface area contributed by atoms with Crippen molar-refractivity contribution in [2.24, 2.45) is 5.73 Å². The number of halogens is 2. The molecule has 128 valence electrons. The first kappa shape index (κ1) is 18.0. The lowest BCUT2D eigenvalue weighted by Gasteiger charge is -2.12. The zero-order valence-corrected chi connectivity index (χ0v) is 13.5. The summed E-state index contributed by atoms with van der Waals surface area (Å²) in [5, 5.41) is 17.7. The number of urea groups is 1. The Hall–Kier alpha value is -2.35. The van der Waals surface area contributed by atoms with Crippen LogP contribution in [0.25, 0.3) is 0 Å². The Morgan fingerprint density at radius 1 is 1.17 bits per heavy atom. The van der Waals surface area contributed by atoms with Crippen LogP contribution in [-0.4, -0.2) is 24.2 Å². The summed E-state index contributed by atoms with van der Waals surface area (Å²) >= 11 is 5.89. The molecule has 6 N–H and O–H groups in total. The molecule has 6 nitrogen and oxygen atoms in total. The molecule has 2 aromatic rings. The lowest BCUT2D eigenvalue weighted by atomic mass is 10.2. The van der Waals surface area contributed by atoms with E-state index in [1.165, 1.54) is 18.2 Å². The minimum Gasteiger partial charge on any atom is -0.392 e. The van der Waals surface area contributed by atoms with Crippen LogP contribution in [0.4, 0.5) is 26.2 Å². The highest BCUT2D eigenvalue weighted by Gasteiger charge is 2.09. The van der Waals surface area contributed by atoms with Gasteiger partial charge in [0.1, 0.15) is 5.82 Å². The number of aliphatic hydroxyl groups excluding tert-OH is 1. The van der Waals surface area contributed by atoms with E-state index in [2.05, 4.69) is 16.0 Å². The van der Waals surface area contributed by atoms with Crippen molar-refractivity contribution in [3.63, 3.8) is 0 Å². The van der Waals surface area contributed by atoms with Crippen molar-refractivity contribution < 1.29 is 14.3 Å². The smallest absolute Gasteiger partial charge is 0.323 e. The quantitative estimate of drug-likeness (QED) is 0.552. The van der Waals surface area contributed by atoms with Crippen LogP contribution >= 0.6 is 11.6 Å². The molecule has 0 spiro atoms. The number of carbonyl (C=O) groups is 1. The van der Waals surface area contributed by atoms with Crippen molar-refractivity contribution in [3.05, 3.63) is 52.8 Å². The van der Waals surface area contributed by atoms with Gasteiger partial charge in [0, 0.05) is 40.7 Å². The number of hydrogen-bond acceptors (Lipinski definition) is 4. The first-order valence-corrected chi connectivity index (χ1v) is 7.61. The molecule has 0 radical (unpaired) electrons. The molecule has 0 atom stereocenters. The van der Waals surface area contributed by atoms with E-state index in [1.807, 2.05) is 0 Å². The average Bonchev–Trinajstić information content (AvgIpc) is 2.52. The van der Waals surface area contributed by atoms with E-state index in [9.17, 15) is 14.3 Å². The Balaban J connectivity index is 2.10. The Morgan fingerprint density at radius 3 is 2.62 bits per heavy atom. The second-order valence-electron chi connectivity index (χ2n) is 4.98. The van der Waals surface area contributed by atoms with Crippen LogP contribution < -0.4 is 21.7 Å². The largest absolute Gasteiger partial charge is 0.392 e. The van der Waals surface area contributed by atoms with Gasteiger partial charge >= 0.3 is 6.03 Å². The number of rotatable bonds is 6. The SMILES string of the molecule is NCCNc1cc(F)cc(NC(=O)Nc2cc(Cl)ccc2CO)c1. The first-order chi connectivity index (χ1) is 11.5. The number of aliphatic hydroxyl groups is 1. The van der Waals surface area contributed by atoms with E-state index in [-0.39, 0.29) is 12.3 Å². The normalized spacial score (nSPS) is 10.3. The summed E-state index contributed by atoms with van der Waals surface area (Å²) in [4.78, 5) is 12.1. The molecule has 0 saturated carbocycles. The minimum absolute atomic E-state index is 0.250. The molecule has 0 aliphatic heterocycles. The van der Waals surface area contributed by atoms with Crippen molar-refractivity contribution >= 4 is 34.7 Å². The van der Waals surface area contributed by atoms with Crippen LogP contribution in [0.1, 0.15) is 5.56 Å². The summed E-state index contributed by atoms with van der Waals surface area (Å²) in [6, 6.07) is 8.24. The predicted octanol–water partition coefficient (Wildman–Crippen LogP) is 2.99. The van der Waals surface area contributed by atoms with Gasteiger partial charge in [0.25, 0.3) is 0 Å². The van der Waals surface area contributed by atoms with E-state index < -0.39 is 11.8 Å². The fourth-order valence-electron chi connectivity index (χ4n) is 2.07. The van der Waals surface area contributed by atoms with Crippen LogP contribution in [0.15, 0.2) is 36.4 Å². The van der Waals surface area contributed by atoms with Crippen LogP contribution in [0, 0.1) is 5.82 Å². The second kappa shape index (κ2) is 8.49. The maximum atomic E-state index is 13.6. The Labute approximate surface area is 143 Å². The number of carbonyl (C=O) groups excluding carboxylic acids is 1. The molecule has 0 bridgehead atoms. The van der Waals surface area contributed by atoms with Gasteiger partial charge in [-0.15, -0.1) is 0 Å². The third-order valence-electron chi connectivity index (χ3n) is 3.12. The number of amides is 2. The maximum Gasteiger partial charge on any atom is 0.323 e. The van der Waals surface area contributed by atoms with Crippen LogP contribution in [0.2, 0.25) is 5.02 Å². The minimum atomic E-state index is -0.581. The molecule has 0 aliphatic rings. The van der Waals surface area contributed by atoms with Gasteiger partial charge in [-0.1, -0.05) is 17.7 Å². The zero-order valence-electron chi connectivity index (χ0n) is 12.8. The molecule has 2 amide bonds. The standard InChI is InChI=1S/C16H18ClFN4O2/c17-11-2-1-10(9-23)15(5-11)22-16(24)21-14-7-12(18)6-13(8-14)20-4-3-19/h1-2,5-8,20,23H,3-4,9,19H2,(H2,21,22,24). The fourth-order valence-corrected chi connectivity index (χ4v) is 2.24. The van der Waals surface area contributed by atoms with Gasteiger partial charge < -0.3 is 26.8 Å². The summed E-state index contributed by atoms with van der Waals surface area (Å²) in [5.74, 6) is -0.494. The molecule has 2 aromatic carbocycles. The fraction of sp³-hybridized carbons (Fsp3) is 0.188. The highest BCUT2D eigenvalue weighted by Crippen LogP contribution is 2.22. The highest BCUT2D eigenvalue weighted by molar-refractivity contribution is 6.31. The number of anilines is 3. The molecule has 0 saturated heterocycles. The first-order valence-electron chi connectivity index (χ1n) is 7.23. The van der Waals surface area contributed by atoms with E-state index in [0.29, 0.717) is 35.1 Å². The summed E-state index contributed by atoms with van der Waals surface area (Å²) in [6.07, 6.45) is 0. The molecule has 0 unspecified atom stereocenters. The Morgan fingerprint density at radius 2 is 1.92 bits per heavy atom. The summed E-state index contributed by atoms with van der Waals surface area (Å²) in [5.41, 5.74) is 7.07. The van der Waals surface area contributed by atoms with Crippen molar-refractivity contribution in [3.8, 4) is 0 Å². The van der Waals surface area contributed by atoms with Gasteiger partial charge in [-0.25, -0.2) is 9.18 Å². The number of nitrogens with two attached hydrogens (primary N) is 1. The molecule has 0 heterocycles. The third kappa shape index (κ3) is 5.09. The average molecular weight is 353 g/mol. The number of benzene rings is 2. The van der Waals surface area contributed by atoms with Crippen LogP contribution in [0.3, 0.4) is 0 Å². The predicted molar refractivity (Wildman–Crippen MR) is 94.0 cm³/mol. The van der Waals surface area contributed by atoms with Crippen molar-refractivity contribution in [1.29, 1.82) is 0 Å². The molecular formula is C16H18ClFN4O2. The van der Waals surface area contributed by atoms with Gasteiger partial charge in [-0.3, -0.25) is 0 Å². The van der Waals surface area contributed by atoms with Gasteiger partial charge in [-0.2, -0.15) is 0 Å². The van der Waals surface area contributed by atoms with E-state index in [1.54, 1.807) is 18.2 Å². The molecule has 24 heavy (non-hydrogen) atoms. The molecule has 0 fully saturated rings. The van der Waals surface area contributed by atoms with Crippen LogP contribution in [0.5, 0.6) is 0 Å². The molecule has 8 heteroatoms. The van der Waals surface area contributed by atoms with Gasteiger partial charge in [-0.05, 0) is 30.3 Å². The topological polar surface area (TPSA) is 99.4 Å². The third-order valence-corrected chi connectivity index (χ3v) is 3.35. The zero-order chi connectivity index (χ0) is 17.5. The van der Waals surface area contributed by atoms with Gasteiger partial charge in [0.15, 0.2) is 0 Å². The van der Waals surface area contributed by atoms with Crippen molar-refractivity contribution in [2.45, 2.75) is 6.61 Å². The molecule has 0 aliphatic carbocycles. The van der Waals surface area contributed by atoms with Crippen molar-refractivity contribution in [2.75, 3.05) is 29.0 Å². The summed E-state index contributed by atoms with van der Waals surface area (Å²) in [6.45, 7) is 0.635. The summed E-state index contributed by atoms with van der Waals surface area (Å²) in [7, 11) is 0. The lowest BCUT2D eigenvalue weighted by Crippen LogP contribution is -2.20. The lowest BCUT2D eigenvalue weighted by molar-refractivity contribution is 0.262. The Bertz CT molecular complexity index is 727. The van der Waals surface area contributed by atoms with Crippen molar-refractivity contribution in [1.82, 2.24) is 0 Å². The van der Waals surface area contributed by atoms with E-state index >= 15 is 0 Å². The van der Waals surface area contributed by atoms with E-state index in [4.69, 9.17) is 17.3 Å². The molecule has 0 aromatic heterocycles. The van der Waals surface area contributed by atoms with Crippen LogP contribution in [-0.2, 0) is 6.61 Å². The monoisotopic (exact) mass is 352 g/mol. The van der Waals surface area contributed by atoms with Gasteiger partial charge in [0.2, 0.25) is 0 Å². The molecular weight excluding hydrogens is 335 g/mol. The highest BCUT2D eigenvalue weighted by atomic mass is 35.5. The van der Waals surface area contributed by atoms with E-state index in [0.717, 1.165) is 0 Å². The Kier molecular flexibility index (Phi) is 6.36. The number of nitrogens with one attached hydrogen (secondary N) is 3. The van der Waals surface area contributed by atoms with Gasteiger partial charge in [0.05, 0.1) is 6.61 Å². The molecule has 2 rings (SSSR count). The maximum absolute atomic E-state index is 13.6. The summed E-state index contributed by atoms with van der Waals surface area (Å²) < 4.78 is 13.6.